The Morgan fingerprint density at radius 1 is 0.938 bits per heavy atom. The third-order valence-corrected chi connectivity index (χ3v) is 9.59. The van der Waals surface area contributed by atoms with Crippen molar-refractivity contribution >= 4 is 43.7 Å². The Morgan fingerprint density at radius 3 is 2.25 bits per heavy atom. The zero-order valence-electron chi connectivity index (χ0n) is 26.3. The Balaban J connectivity index is 1.61. The molecule has 0 bridgehead atoms. The van der Waals surface area contributed by atoms with Crippen molar-refractivity contribution in [1.82, 2.24) is 23.3 Å². The molecule has 0 amide bonds. The highest BCUT2D eigenvalue weighted by Gasteiger charge is 2.43. The maximum atomic E-state index is 14.5. The van der Waals surface area contributed by atoms with Crippen molar-refractivity contribution in [2.24, 2.45) is 14.1 Å². The summed E-state index contributed by atoms with van der Waals surface area (Å²) >= 11 is 0. The first-order valence-electron chi connectivity index (χ1n) is 14.3. The number of hydrogen-bond donors (Lipinski definition) is 0. The van der Waals surface area contributed by atoms with Gasteiger partial charge in [-0.25, -0.2) is 22.2 Å². The number of nitrogens with zero attached hydrogens (tertiary/aromatic N) is 6. The number of alkyl halides is 3. The lowest BCUT2D eigenvalue weighted by Gasteiger charge is -2.23. The smallest absolute Gasteiger partial charge is 0.493 e. The molecule has 0 radical (unpaired) electrons. The van der Waals surface area contributed by atoms with Crippen LogP contribution in [0.1, 0.15) is 11.1 Å². The molecular formula is C32H29F3N6O6S. The van der Waals surface area contributed by atoms with Gasteiger partial charge in [-0.3, -0.25) is 4.68 Å². The Hall–Kier alpha value is -5.51. The second kappa shape index (κ2) is 11.9. The Labute approximate surface area is 272 Å². The number of carbonyl (C=O) groups is 1. The molecule has 16 heteroatoms. The summed E-state index contributed by atoms with van der Waals surface area (Å²) in [5.74, 6) is -1.51. The van der Waals surface area contributed by atoms with Gasteiger partial charge in [0, 0.05) is 55.0 Å². The van der Waals surface area contributed by atoms with Crippen LogP contribution in [0.2, 0.25) is 0 Å². The third kappa shape index (κ3) is 5.57. The number of hydroxylamine groups is 1. The highest BCUT2D eigenvalue weighted by molar-refractivity contribution is 7.90. The molecule has 0 N–H and O–H groups in total. The third-order valence-electron chi connectivity index (χ3n) is 7.87. The highest BCUT2D eigenvalue weighted by Crippen LogP contribution is 2.41. The van der Waals surface area contributed by atoms with E-state index in [0.717, 1.165) is 14.6 Å². The van der Waals surface area contributed by atoms with E-state index in [2.05, 4.69) is 10.1 Å². The van der Waals surface area contributed by atoms with Crippen LogP contribution in [-0.4, -0.2) is 58.1 Å². The monoisotopic (exact) mass is 682 g/mol. The van der Waals surface area contributed by atoms with Crippen LogP contribution in [0.5, 0.6) is 11.5 Å². The van der Waals surface area contributed by atoms with Gasteiger partial charge in [0.2, 0.25) is 0 Å². The number of hydrogen-bond acceptors (Lipinski definition) is 9. The first-order chi connectivity index (χ1) is 22.7. The maximum absolute atomic E-state index is 14.5. The van der Waals surface area contributed by atoms with Crippen molar-refractivity contribution in [3.8, 4) is 22.8 Å². The van der Waals surface area contributed by atoms with Crippen LogP contribution in [0, 0.1) is 6.92 Å². The summed E-state index contributed by atoms with van der Waals surface area (Å²) in [5, 5.41) is 5.65. The molecule has 250 valence electrons. The average Bonchev–Trinajstić information content (AvgIpc) is 3.75. The predicted octanol–water partition coefficient (Wildman–Crippen LogP) is 5.52. The summed E-state index contributed by atoms with van der Waals surface area (Å²) in [6.07, 6.45) is -0.849. The SMILES string of the molecule is COc1cc2c(-c3cc4c(CN(OC(=O)C(F)(F)F)c5ccnn5C)ccnc4n3S(=O)(=O)c3ccc(C)cc3)cn(C)c2cc1OC. The van der Waals surface area contributed by atoms with Crippen LogP contribution in [0.4, 0.5) is 19.0 Å². The summed E-state index contributed by atoms with van der Waals surface area (Å²) in [6.45, 7) is 1.42. The van der Waals surface area contributed by atoms with Crippen molar-refractivity contribution in [3.63, 3.8) is 0 Å². The molecule has 0 aliphatic carbocycles. The number of carbonyl (C=O) groups excluding carboxylic acids is 1. The van der Waals surface area contributed by atoms with Crippen molar-refractivity contribution in [1.29, 1.82) is 0 Å². The molecule has 0 aliphatic heterocycles. The number of rotatable bonds is 9. The fraction of sp³-hybridized carbons (Fsp3) is 0.219. The summed E-state index contributed by atoms with van der Waals surface area (Å²) in [7, 11) is 1.95. The van der Waals surface area contributed by atoms with Gasteiger partial charge in [0.05, 0.1) is 43.1 Å². The Bertz CT molecular complexity index is 2290. The Kier molecular flexibility index (Phi) is 8.06. The highest BCUT2D eigenvalue weighted by atomic mass is 32.2. The van der Waals surface area contributed by atoms with E-state index < -0.39 is 28.7 Å². The zero-order chi connectivity index (χ0) is 34.5. The van der Waals surface area contributed by atoms with Crippen LogP contribution in [-0.2, 0) is 40.3 Å². The van der Waals surface area contributed by atoms with Crippen LogP contribution < -0.4 is 14.5 Å². The predicted molar refractivity (Wildman–Crippen MR) is 170 cm³/mol. The molecule has 48 heavy (non-hydrogen) atoms. The standard InChI is InChI=1S/C32H29F3N6O6S/c1-19-6-8-21(9-7-19)48(43,44)41-26(24-18-38(2)25-16-28(46-5)27(45-4)15-23(24)25)14-22-20(10-12-36-30(22)41)17-40(29-11-13-37-39(29)3)47-31(42)32(33,34)35/h6-16,18H,17H2,1-5H3. The molecule has 2 aromatic carbocycles. The van der Waals surface area contributed by atoms with E-state index in [0.29, 0.717) is 33.5 Å². The first-order valence-corrected chi connectivity index (χ1v) is 15.8. The number of ether oxygens (including phenoxy) is 2. The van der Waals surface area contributed by atoms with E-state index in [9.17, 15) is 26.4 Å². The lowest BCUT2D eigenvalue weighted by atomic mass is 10.1. The molecular weight excluding hydrogens is 653 g/mol. The average molecular weight is 683 g/mol. The van der Waals surface area contributed by atoms with E-state index in [-0.39, 0.29) is 27.4 Å². The van der Waals surface area contributed by atoms with E-state index in [1.165, 1.54) is 62.6 Å². The second-order valence-electron chi connectivity index (χ2n) is 10.9. The number of fused-ring (bicyclic) bond motifs is 2. The van der Waals surface area contributed by atoms with Gasteiger partial charge in [0.1, 0.15) is 0 Å². The van der Waals surface area contributed by atoms with E-state index in [1.54, 1.807) is 43.6 Å². The van der Waals surface area contributed by atoms with Crippen LogP contribution >= 0.6 is 0 Å². The lowest BCUT2D eigenvalue weighted by molar-refractivity contribution is -0.201. The van der Waals surface area contributed by atoms with Gasteiger partial charge in [0.25, 0.3) is 10.0 Å². The summed E-state index contributed by atoms with van der Waals surface area (Å²) in [4.78, 5) is 21.2. The normalized spacial score (nSPS) is 12.1. The molecule has 6 aromatic rings. The van der Waals surface area contributed by atoms with Crippen molar-refractivity contribution in [2.45, 2.75) is 24.5 Å². The topological polar surface area (TPSA) is 123 Å². The summed E-state index contributed by atoms with van der Waals surface area (Å²) < 4.78 is 84.0. The summed E-state index contributed by atoms with van der Waals surface area (Å²) in [6, 6.07) is 14.3. The molecule has 0 saturated carbocycles. The minimum atomic E-state index is -5.28. The molecule has 4 heterocycles. The quantitative estimate of drug-likeness (QED) is 0.182. The van der Waals surface area contributed by atoms with Gasteiger partial charge >= 0.3 is 12.1 Å². The zero-order valence-corrected chi connectivity index (χ0v) is 27.1. The van der Waals surface area contributed by atoms with Crippen LogP contribution in [0.15, 0.2) is 78.1 Å². The number of aryl methyl sites for hydroxylation is 3. The van der Waals surface area contributed by atoms with E-state index in [4.69, 9.17) is 14.3 Å². The Morgan fingerprint density at radius 2 is 1.62 bits per heavy atom. The number of benzene rings is 2. The molecule has 4 aromatic heterocycles. The summed E-state index contributed by atoms with van der Waals surface area (Å²) in [5.41, 5.74) is 2.61. The molecule has 0 spiro atoms. The van der Waals surface area contributed by atoms with Crippen molar-refractivity contribution in [3.05, 3.63) is 84.3 Å². The van der Waals surface area contributed by atoms with E-state index in [1.807, 2.05) is 11.5 Å². The molecule has 0 aliphatic rings. The number of anilines is 1. The minimum Gasteiger partial charge on any atom is -0.493 e. The van der Waals surface area contributed by atoms with Crippen molar-refractivity contribution in [2.75, 3.05) is 19.3 Å². The van der Waals surface area contributed by atoms with Gasteiger partial charge in [0.15, 0.2) is 23.0 Å². The number of methoxy groups -OCH3 is 2. The fourth-order valence-electron chi connectivity index (χ4n) is 5.50. The molecule has 6 rings (SSSR count). The van der Waals surface area contributed by atoms with Crippen LogP contribution in [0.3, 0.4) is 0 Å². The molecule has 0 atom stereocenters. The van der Waals surface area contributed by atoms with Gasteiger partial charge in [-0.15, -0.1) is 0 Å². The number of pyridine rings is 1. The fourth-order valence-corrected chi connectivity index (χ4v) is 6.98. The molecule has 12 nitrogen and oxygen atoms in total. The minimum absolute atomic E-state index is 0.00541. The van der Waals surface area contributed by atoms with Gasteiger partial charge in [-0.1, -0.05) is 17.7 Å². The van der Waals surface area contributed by atoms with Gasteiger partial charge in [-0.05, 0) is 42.8 Å². The lowest BCUT2D eigenvalue weighted by Crippen LogP contribution is -2.35. The van der Waals surface area contributed by atoms with Gasteiger partial charge in [-0.2, -0.15) is 23.3 Å². The number of halogens is 3. The largest absolute Gasteiger partial charge is 0.493 e. The second-order valence-corrected chi connectivity index (χ2v) is 12.7. The molecule has 0 unspecified atom stereocenters. The van der Waals surface area contributed by atoms with E-state index >= 15 is 0 Å². The van der Waals surface area contributed by atoms with Crippen LogP contribution in [0.25, 0.3) is 33.2 Å². The van der Waals surface area contributed by atoms with Gasteiger partial charge < -0.3 is 18.9 Å². The number of aromatic nitrogens is 5. The molecule has 0 fully saturated rings. The first kappa shape index (κ1) is 32.4. The molecule has 0 saturated heterocycles. The maximum Gasteiger partial charge on any atom is 0.493 e. The van der Waals surface area contributed by atoms with Crippen molar-refractivity contribution < 1.29 is 40.7 Å².